The van der Waals surface area contributed by atoms with Crippen molar-refractivity contribution in [3.8, 4) is 0 Å². The average molecular weight is 372 g/mol. The fourth-order valence-corrected chi connectivity index (χ4v) is 5.46. The van der Waals surface area contributed by atoms with E-state index in [0.29, 0.717) is 19.8 Å². The molecule has 3 rings (SSSR count). The van der Waals surface area contributed by atoms with Gasteiger partial charge < -0.3 is 4.74 Å². The lowest BCUT2D eigenvalue weighted by atomic mass is 9.79. The standard InChI is InChI=1S/C16H18ClNO3S2/c17-13-4-1-2-5-14(13)23(19,20)18-12-16(7-9-21-10-8-16)15-6-3-11-22-15/h1-6,11,18H,7-10,12H2. The van der Waals surface area contributed by atoms with Crippen molar-refractivity contribution in [2.45, 2.75) is 23.2 Å². The zero-order valence-corrected chi connectivity index (χ0v) is 14.9. The Morgan fingerprint density at radius 3 is 2.57 bits per heavy atom. The van der Waals surface area contributed by atoms with Crippen molar-refractivity contribution >= 4 is 33.0 Å². The lowest BCUT2D eigenvalue weighted by Gasteiger charge is -2.36. The van der Waals surface area contributed by atoms with Gasteiger partial charge in [0.15, 0.2) is 0 Å². The second-order valence-corrected chi connectivity index (χ2v) is 8.72. The van der Waals surface area contributed by atoms with Gasteiger partial charge >= 0.3 is 0 Å². The van der Waals surface area contributed by atoms with Gasteiger partial charge in [0.2, 0.25) is 10.0 Å². The molecule has 2 aromatic rings. The van der Waals surface area contributed by atoms with Crippen LogP contribution in [-0.2, 0) is 20.2 Å². The van der Waals surface area contributed by atoms with E-state index in [9.17, 15) is 8.42 Å². The van der Waals surface area contributed by atoms with Crippen molar-refractivity contribution in [3.63, 3.8) is 0 Å². The lowest BCUT2D eigenvalue weighted by Crippen LogP contribution is -2.44. The molecular formula is C16H18ClNO3S2. The summed E-state index contributed by atoms with van der Waals surface area (Å²) in [4.78, 5) is 1.32. The smallest absolute Gasteiger partial charge is 0.242 e. The summed E-state index contributed by atoms with van der Waals surface area (Å²) in [6.07, 6.45) is 1.61. The molecule has 7 heteroatoms. The van der Waals surface area contributed by atoms with Gasteiger partial charge in [-0.15, -0.1) is 11.3 Å². The second kappa shape index (κ2) is 6.91. The summed E-state index contributed by atoms with van der Waals surface area (Å²) in [5.41, 5.74) is -0.208. The molecule has 0 radical (unpaired) electrons. The highest BCUT2D eigenvalue weighted by molar-refractivity contribution is 7.89. The summed E-state index contributed by atoms with van der Waals surface area (Å²) < 4.78 is 33.4. The first-order valence-corrected chi connectivity index (χ1v) is 10.1. The monoisotopic (exact) mass is 371 g/mol. The Labute approximate surface area is 145 Å². The molecule has 4 nitrogen and oxygen atoms in total. The Balaban J connectivity index is 1.83. The zero-order valence-electron chi connectivity index (χ0n) is 12.5. The van der Waals surface area contributed by atoms with E-state index in [1.807, 2.05) is 11.4 Å². The number of sulfonamides is 1. The van der Waals surface area contributed by atoms with Gasteiger partial charge in [0.25, 0.3) is 0 Å². The molecule has 0 amide bonds. The fourth-order valence-electron chi connectivity index (χ4n) is 2.83. The van der Waals surface area contributed by atoms with Gasteiger partial charge in [0.05, 0.1) is 5.02 Å². The van der Waals surface area contributed by atoms with Crippen LogP contribution in [0, 0.1) is 0 Å². The summed E-state index contributed by atoms with van der Waals surface area (Å²) in [7, 11) is -3.64. The molecule has 23 heavy (non-hydrogen) atoms. The number of rotatable bonds is 5. The van der Waals surface area contributed by atoms with Crippen LogP contribution in [0.2, 0.25) is 5.02 Å². The molecule has 1 aliphatic rings. The molecule has 1 saturated heterocycles. The third-order valence-corrected chi connectivity index (χ3v) is 7.24. The number of hydrogen-bond acceptors (Lipinski definition) is 4. The predicted octanol–water partition coefficient (Wildman–Crippen LogP) is 3.43. The molecule has 0 aliphatic carbocycles. The van der Waals surface area contributed by atoms with Crippen LogP contribution in [0.3, 0.4) is 0 Å². The van der Waals surface area contributed by atoms with Crippen LogP contribution in [0.15, 0.2) is 46.7 Å². The predicted molar refractivity (Wildman–Crippen MR) is 92.7 cm³/mol. The van der Waals surface area contributed by atoms with Gasteiger partial charge in [-0.2, -0.15) is 0 Å². The third kappa shape index (κ3) is 3.61. The van der Waals surface area contributed by atoms with Crippen LogP contribution >= 0.6 is 22.9 Å². The normalized spacial score (nSPS) is 18.0. The summed E-state index contributed by atoms with van der Waals surface area (Å²) in [5, 5.41) is 2.26. The number of nitrogens with one attached hydrogen (secondary N) is 1. The summed E-state index contributed by atoms with van der Waals surface area (Å²) in [5.74, 6) is 0. The quantitative estimate of drug-likeness (QED) is 0.876. The van der Waals surface area contributed by atoms with E-state index in [4.69, 9.17) is 16.3 Å². The Kier molecular flexibility index (Phi) is 5.08. The van der Waals surface area contributed by atoms with Crippen LogP contribution < -0.4 is 4.72 Å². The SMILES string of the molecule is O=S(=O)(NCC1(c2cccs2)CCOCC1)c1ccccc1Cl. The number of halogens is 1. The average Bonchev–Trinajstić information content (AvgIpc) is 3.09. The van der Waals surface area contributed by atoms with Gasteiger partial charge in [-0.1, -0.05) is 29.8 Å². The molecule has 0 bridgehead atoms. The van der Waals surface area contributed by atoms with Crippen LogP contribution in [0.5, 0.6) is 0 Å². The molecule has 0 spiro atoms. The topological polar surface area (TPSA) is 55.4 Å². The van der Waals surface area contributed by atoms with Gasteiger partial charge in [-0.25, -0.2) is 13.1 Å². The molecule has 1 aromatic heterocycles. The first-order valence-electron chi connectivity index (χ1n) is 7.39. The molecule has 0 atom stereocenters. The Morgan fingerprint density at radius 1 is 1.17 bits per heavy atom. The minimum Gasteiger partial charge on any atom is -0.381 e. The van der Waals surface area contributed by atoms with Crippen molar-refractivity contribution in [2.75, 3.05) is 19.8 Å². The van der Waals surface area contributed by atoms with Gasteiger partial charge in [-0.3, -0.25) is 0 Å². The Hall–Kier alpha value is -0.920. The first kappa shape index (κ1) is 16.9. The summed E-state index contributed by atoms with van der Waals surface area (Å²) in [6.45, 7) is 1.64. The van der Waals surface area contributed by atoms with E-state index in [0.717, 1.165) is 12.8 Å². The molecule has 1 N–H and O–H groups in total. The van der Waals surface area contributed by atoms with E-state index >= 15 is 0 Å². The van der Waals surface area contributed by atoms with Crippen molar-refractivity contribution in [2.24, 2.45) is 0 Å². The summed E-state index contributed by atoms with van der Waals surface area (Å²) in [6, 6.07) is 10.6. The number of ether oxygens (including phenoxy) is 1. The zero-order chi connectivity index (χ0) is 16.3. The molecule has 1 aromatic carbocycles. The van der Waals surface area contributed by atoms with E-state index in [1.165, 1.54) is 10.9 Å². The molecule has 1 aliphatic heterocycles. The lowest BCUT2D eigenvalue weighted by molar-refractivity contribution is 0.0529. The number of thiophene rings is 1. The molecule has 0 unspecified atom stereocenters. The maximum absolute atomic E-state index is 12.6. The largest absolute Gasteiger partial charge is 0.381 e. The molecular weight excluding hydrogens is 354 g/mol. The highest BCUT2D eigenvalue weighted by Gasteiger charge is 2.36. The van der Waals surface area contributed by atoms with Crippen LogP contribution in [0.1, 0.15) is 17.7 Å². The van der Waals surface area contributed by atoms with Crippen molar-refractivity contribution in [3.05, 3.63) is 51.7 Å². The van der Waals surface area contributed by atoms with E-state index in [-0.39, 0.29) is 15.3 Å². The first-order chi connectivity index (χ1) is 11.0. The third-order valence-electron chi connectivity index (χ3n) is 4.22. The second-order valence-electron chi connectivity index (χ2n) is 5.62. The molecule has 124 valence electrons. The minimum atomic E-state index is -3.64. The van der Waals surface area contributed by atoms with Crippen molar-refractivity contribution in [1.82, 2.24) is 4.72 Å². The van der Waals surface area contributed by atoms with Crippen LogP contribution in [0.25, 0.3) is 0 Å². The minimum absolute atomic E-state index is 0.120. The highest BCUT2D eigenvalue weighted by atomic mass is 35.5. The van der Waals surface area contributed by atoms with Gasteiger partial charge in [0.1, 0.15) is 4.90 Å². The molecule has 0 saturated carbocycles. The molecule has 1 fully saturated rings. The van der Waals surface area contributed by atoms with E-state index in [1.54, 1.807) is 29.5 Å². The van der Waals surface area contributed by atoms with Crippen LogP contribution in [0.4, 0.5) is 0 Å². The van der Waals surface area contributed by atoms with Gasteiger partial charge in [0, 0.05) is 30.1 Å². The maximum Gasteiger partial charge on any atom is 0.242 e. The van der Waals surface area contributed by atoms with E-state index in [2.05, 4.69) is 10.8 Å². The Morgan fingerprint density at radius 2 is 1.91 bits per heavy atom. The fraction of sp³-hybridized carbons (Fsp3) is 0.375. The summed E-state index contributed by atoms with van der Waals surface area (Å²) >= 11 is 7.69. The number of hydrogen-bond donors (Lipinski definition) is 1. The molecule has 2 heterocycles. The van der Waals surface area contributed by atoms with E-state index < -0.39 is 10.0 Å². The van der Waals surface area contributed by atoms with Crippen molar-refractivity contribution in [1.29, 1.82) is 0 Å². The van der Waals surface area contributed by atoms with Crippen LogP contribution in [-0.4, -0.2) is 28.2 Å². The number of benzene rings is 1. The highest BCUT2D eigenvalue weighted by Crippen LogP contribution is 2.37. The van der Waals surface area contributed by atoms with Crippen molar-refractivity contribution < 1.29 is 13.2 Å². The van der Waals surface area contributed by atoms with Gasteiger partial charge in [-0.05, 0) is 36.4 Å². The Bertz CT molecular complexity index is 753. The maximum atomic E-state index is 12.6.